The van der Waals surface area contributed by atoms with Gasteiger partial charge in [-0.15, -0.1) is 0 Å². The average Bonchev–Trinajstić information content (AvgIpc) is 3.25. The van der Waals surface area contributed by atoms with Crippen LogP contribution in [-0.4, -0.2) is 36.3 Å². The molecule has 1 heterocycles. The number of rotatable bonds is 8. The molecule has 7 heteroatoms. The van der Waals surface area contributed by atoms with Crippen LogP contribution in [0.4, 0.5) is 0 Å². The smallest absolute Gasteiger partial charge is 0.271 e. The van der Waals surface area contributed by atoms with Gasteiger partial charge in [0.2, 0.25) is 0 Å². The summed E-state index contributed by atoms with van der Waals surface area (Å²) in [5, 5.41) is 4.07. The van der Waals surface area contributed by atoms with Gasteiger partial charge in [-0.05, 0) is 53.4 Å². The van der Waals surface area contributed by atoms with E-state index in [1.54, 1.807) is 32.6 Å². The number of amides is 1. The lowest BCUT2D eigenvalue weighted by Gasteiger charge is -2.08. The standard InChI is InChI=1S/C26H26N4O3/c1-4-17-5-7-18(8-6-17)16-27-30-26(31)20-10-11-21-22(15-20)29-25(28-21)14-19-9-12-23(32-2)24(13-19)33-3/h5-13,15-16H,4,14H2,1-3H3,(H,28,29)(H,30,31)/b27-16-. The first-order valence-corrected chi connectivity index (χ1v) is 10.7. The van der Waals surface area contributed by atoms with Crippen molar-refractivity contribution in [2.75, 3.05) is 14.2 Å². The van der Waals surface area contributed by atoms with E-state index in [1.165, 1.54) is 5.56 Å². The number of benzene rings is 3. The fraction of sp³-hybridized carbons (Fsp3) is 0.192. The Labute approximate surface area is 192 Å². The second-order valence-corrected chi connectivity index (χ2v) is 7.58. The van der Waals surface area contributed by atoms with Gasteiger partial charge in [0, 0.05) is 12.0 Å². The predicted molar refractivity (Wildman–Crippen MR) is 129 cm³/mol. The summed E-state index contributed by atoms with van der Waals surface area (Å²) in [5.74, 6) is 1.87. The summed E-state index contributed by atoms with van der Waals surface area (Å²) in [5.41, 5.74) is 7.88. The number of hydrogen-bond acceptors (Lipinski definition) is 5. The van der Waals surface area contributed by atoms with Crippen LogP contribution in [0.2, 0.25) is 0 Å². The minimum Gasteiger partial charge on any atom is -0.493 e. The van der Waals surface area contributed by atoms with Crippen molar-refractivity contribution in [2.24, 2.45) is 5.10 Å². The SMILES string of the molecule is CCc1ccc(/C=N\NC(=O)c2ccc3nc(Cc4ccc(OC)c(OC)c4)[nH]c3c2)cc1. The molecule has 4 rings (SSSR count). The van der Waals surface area contributed by atoms with Crippen molar-refractivity contribution in [3.8, 4) is 11.5 Å². The third kappa shape index (κ3) is 5.20. The second-order valence-electron chi connectivity index (χ2n) is 7.58. The Morgan fingerprint density at radius 3 is 2.48 bits per heavy atom. The second kappa shape index (κ2) is 9.99. The maximum atomic E-state index is 12.5. The van der Waals surface area contributed by atoms with Gasteiger partial charge in [-0.2, -0.15) is 5.10 Å². The summed E-state index contributed by atoms with van der Waals surface area (Å²) in [6, 6.07) is 19.2. The first-order chi connectivity index (χ1) is 16.1. The monoisotopic (exact) mass is 442 g/mol. The average molecular weight is 443 g/mol. The van der Waals surface area contributed by atoms with Crippen LogP contribution in [-0.2, 0) is 12.8 Å². The fourth-order valence-electron chi connectivity index (χ4n) is 3.54. The molecule has 0 unspecified atom stereocenters. The number of aromatic amines is 1. The van der Waals surface area contributed by atoms with Gasteiger partial charge >= 0.3 is 0 Å². The lowest BCUT2D eigenvalue weighted by molar-refractivity contribution is 0.0955. The molecule has 168 valence electrons. The molecular weight excluding hydrogens is 416 g/mol. The van der Waals surface area contributed by atoms with E-state index >= 15 is 0 Å². The van der Waals surface area contributed by atoms with Crippen molar-refractivity contribution in [3.05, 3.63) is 88.7 Å². The highest BCUT2D eigenvalue weighted by molar-refractivity contribution is 5.97. The summed E-state index contributed by atoms with van der Waals surface area (Å²) >= 11 is 0. The largest absolute Gasteiger partial charge is 0.493 e. The summed E-state index contributed by atoms with van der Waals surface area (Å²) in [4.78, 5) is 20.5. The van der Waals surface area contributed by atoms with E-state index in [9.17, 15) is 4.79 Å². The first-order valence-electron chi connectivity index (χ1n) is 10.7. The Balaban J connectivity index is 1.44. The molecule has 0 aliphatic heterocycles. The topological polar surface area (TPSA) is 88.6 Å². The molecule has 0 fully saturated rings. The Kier molecular flexibility index (Phi) is 6.69. The molecule has 7 nitrogen and oxygen atoms in total. The highest BCUT2D eigenvalue weighted by Gasteiger charge is 2.11. The molecular formula is C26H26N4O3. The number of methoxy groups -OCH3 is 2. The molecule has 3 aromatic carbocycles. The van der Waals surface area contributed by atoms with Crippen molar-refractivity contribution in [1.29, 1.82) is 0 Å². The zero-order chi connectivity index (χ0) is 23.2. The molecule has 0 aliphatic rings. The maximum Gasteiger partial charge on any atom is 0.271 e. The van der Waals surface area contributed by atoms with Crippen molar-refractivity contribution in [2.45, 2.75) is 19.8 Å². The molecule has 0 atom stereocenters. The Morgan fingerprint density at radius 1 is 1.00 bits per heavy atom. The van der Waals surface area contributed by atoms with Crippen LogP contribution in [0.3, 0.4) is 0 Å². The maximum absolute atomic E-state index is 12.5. The third-order valence-corrected chi connectivity index (χ3v) is 5.38. The van der Waals surface area contributed by atoms with Gasteiger partial charge in [-0.25, -0.2) is 10.4 Å². The number of H-pyrrole nitrogens is 1. The lowest BCUT2D eigenvalue weighted by atomic mass is 10.1. The van der Waals surface area contributed by atoms with Crippen LogP contribution < -0.4 is 14.9 Å². The minimum absolute atomic E-state index is 0.283. The number of aromatic nitrogens is 2. The van der Waals surface area contributed by atoms with Crippen molar-refractivity contribution in [1.82, 2.24) is 15.4 Å². The number of imidazole rings is 1. The van der Waals surface area contributed by atoms with Gasteiger partial charge in [0.05, 0.1) is 31.5 Å². The molecule has 0 radical (unpaired) electrons. The van der Waals surface area contributed by atoms with E-state index in [4.69, 9.17) is 9.47 Å². The molecule has 33 heavy (non-hydrogen) atoms. The highest BCUT2D eigenvalue weighted by atomic mass is 16.5. The fourth-order valence-corrected chi connectivity index (χ4v) is 3.54. The molecule has 0 aliphatic carbocycles. The number of carbonyl (C=O) groups is 1. The Bertz CT molecular complexity index is 1290. The van der Waals surface area contributed by atoms with Crippen LogP contribution in [0.5, 0.6) is 11.5 Å². The number of nitrogens with one attached hydrogen (secondary N) is 2. The number of aryl methyl sites for hydroxylation is 1. The van der Waals surface area contributed by atoms with Gasteiger partial charge in [0.25, 0.3) is 5.91 Å². The summed E-state index contributed by atoms with van der Waals surface area (Å²) in [6.45, 7) is 2.11. The number of fused-ring (bicyclic) bond motifs is 1. The van der Waals surface area contributed by atoms with Crippen LogP contribution in [0.15, 0.2) is 65.8 Å². The van der Waals surface area contributed by atoms with E-state index in [1.807, 2.05) is 36.4 Å². The van der Waals surface area contributed by atoms with E-state index in [0.29, 0.717) is 23.5 Å². The highest BCUT2D eigenvalue weighted by Crippen LogP contribution is 2.28. The Morgan fingerprint density at radius 2 is 1.76 bits per heavy atom. The van der Waals surface area contributed by atoms with Crippen molar-refractivity contribution in [3.63, 3.8) is 0 Å². The normalized spacial score (nSPS) is 11.1. The number of hydrazone groups is 1. The van der Waals surface area contributed by atoms with Gasteiger partial charge in [-0.1, -0.05) is 37.3 Å². The molecule has 0 spiro atoms. The molecule has 2 N–H and O–H groups in total. The van der Waals surface area contributed by atoms with Crippen LogP contribution >= 0.6 is 0 Å². The zero-order valence-corrected chi connectivity index (χ0v) is 18.9. The number of ether oxygens (including phenoxy) is 2. The van der Waals surface area contributed by atoms with Crippen LogP contribution in [0.25, 0.3) is 11.0 Å². The minimum atomic E-state index is -0.283. The quantitative estimate of drug-likeness (QED) is 0.311. The van der Waals surface area contributed by atoms with E-state index in [-0.39, 0.29) is 5.91 Å². The molecule has 1 aromatic heterocycles. The van der Waals surface area contributed by atoms with Gasteiger partial charge < -0.3 is 14.5 Å². The number of nitrogens with zero attached hydrogens (tertiary/aromatic N) is 2. The summed E-state index contributed by atoms with van der Waals surface area (Å²) in [7, 11) is 3.22. The molecule has 4 aromatic rings. The first kappa shape index (κ1) is 22.1. The summed E-state index contributed by atoms with van der Waals surface area (Å²) < 4.78 is 10.7. The predicted octanol–water partition coefficient (Wildman–Crippen LogP) is 4.50. The van der Waals surface area contributed by atoms with Crippen molar-refractivity contribution >= 4 is 23.2 Å². The van der Waals surface area contributed by atoms with Crippen LogP contribution in [0.1, 0.15) is 39.8 Å². The molecule has 1 amide bonds. The van der Waals surface area contributed by atoms with Crippen LogP contribution in [0, 0.1) is 0 Å². The molecule has 0 bridgehead atoms. The summed E-state index contributed by atoms with van der Waals surface area (Å²) in [6.07, 6.45) is 3.21. The van der Waals surface area contributed by atoms with E-state index in [0.717, 1.165) is 34.4 Å². The van der Waals surface area contributed by atoms with Crippen molar-refractivity contribution < 1.29 is 14.3 Å². The number of carbonyl (C=O) groups excluding carboxylic acids is 1. The van der Waals surface area contributed by atoms with E-state index in [2.05, 4.69) is 39.6 Å². The number of hydrogen-bond donors (Lipinski definition) is 2. The van der Waals surface area contributed by atoms with E-state index < -0.39 is 0 Å². The zero-order valence-electron chi connectivity index (χ0n) is 18.9. The van der Waals surface area contributed by atoms with Gasteiger partial charge in [0.15, 0.2) is 11.5 Å². The molecule has 0 saturated carbocycles. The lowest BCUT2D eigenvalue weighted by Crippen LogP contribution is -2.17. The Hall–Kier alpha value is -4.13. The molecule has 0 saturated heterocycles. The van der Waals surface area contributed by atoms with Gasteiger partial charge in [0.1, 0.15) is 5.82 Å². The third-order valence-electron chi connectivity index (χ3n) is 5.38. The van der Waals surface area contributed by atoms with Gasteiger partial charge in [-0.3, -0.25) is 4.79 Å².